The second-order valence-corrected chi connectivity index (χ2v) is 5.30. The molecule has 5 nitrogen and oxygen atoms in total. The summed E-state index contributed by atoms with van der Waals surface area (Å²) in [6.45, 7) is -8.72. The summed E-state index contributed by atoms with van der Waals surface area (Å²) in [4.78, 5) is 15.9. The topological polar surface area (TPSA) is 54.5 Å². The van der Waals surface area contributed by atoms with Gasteiger partial charge in [0.25, 0.3) is 0 Å². The zero-order chi connectivity index (χ0) is 31.2. The van der Waals surface area contributed by atoms with Crippen LogP contribution < -0.4 is 5.31 Å². The molecule has 0 spiro atoms. The third-order valence-electron chi connectivity index (χ3n) is 2.19. The van der Waals surface area contributed by atoms with Crippen LogP contribution in [0.15, 0.2) is 18.3 Å². The van der Waals surface area contributed by atoms with Crippen LogP contribution in [0.1, 0.15) is 60.9 Å². The third kappa shape index (κ3) is 5.37. The van der Waals surface area contributed by atoms with Crippen molar-refractivity contribution in [3.8, 4) is 0 Å². The van der Waals surface area contributed by atoms with Gasteiger partial charge in [-0.1, -0.05) is 6.85 Å². The minimum Gasteiger partial charge on any atom is -0.444 e. The Morgan fingerprint density at radius 1 is 1.74 bits per heavy atom. The molecule has 2 heterocycles. The second kappa shape index (κ2) is 7.15. The summed E-state index contributed by atoms with van der Waals surface area (Å²) < 4.78 is 151. The van der Waals surface area contributed by atoms with Crippen LogP contribution in [-0.2, 0) is 4.74 Å². The zero-order valence-corrected chi connectivity index (χ0v) is 12.6. The van der Waals surface area contributed by atoms with E-state index in [1.54, 1.807) is 0 Å². The number of rotatable bonds is 3. The molecule has 1 saturated heterocycles. The molecule has 0 radical (unpaired) electrons. The predicted molar refractivity (Wildman–Crippen MR) is 87.8 cm³/mol. The molecule has 2 atom stereocenters. The average Bonchev–Trinajstić information content (AvgIpc) is 2.72. The lowest BCUT2D eigenvalue weighted by molar-refractivity contribution is 0.00577. The number of hydrogen-bond donors (Lipinski definition) is 1. The van der Waals surface area contributed by atoms with Gasteiger partial charge < -0.3 is 14.9 Å². The molecule has 6 heteroatoms. The van der Waals surface area contributed by atoms with Gasteiger partial charge in [-0.2, -0.15) is 0 Å². The van der Waals surface area contributed by atoms with Gasteiger partial charge in [0.1, 0.15) is 17.2 Å². The van der Waals surface area contributed by atoms with Gasteiger partial charge in [0.05, 0.1) is 19.1 Å². The normalized spacial score (nSPS) is 46.2. The number of nitrogens with one attached hydrogen (secondary N) is 1. The number of likely N-dealkylation sites (tertiary alicyclic amines) is 1. The molecule has 0 unspecified atom stereocenters. The molecular formula is C17H26FN3O2. The number of aromatic nitrogens is 1. The number of piperidine rings is 1. The fourth-order valence-corrected chi connectivity index (χ4v) is 1.36. The summed E-state index contributed by atoms with van der Waals surface area (Å²) in [6.07, 6.45) is -10.4. The van der Waals surface area contributed by atoms with Gasteiger partial charge in [-0.3, -0.25) is 0 Å². The lowest BCUT2D eigenvalue weighted by Gasteiger charge is -2.39. The highest BCUT2D eigenvalue weighted by Crippen LogP contribution is 2.24. The van der Waals surface area contributed by atoms with E-state index in [-0.39, 0.29) is 0 Å². The fraction of sp³-hybridized carbons (Fsp3) is 0.647. The number of pyridine rings is 1. The number of hydrogen-bond acceptors (Lipinski definition) is 4. The van der Waals surface area contributed by atoms with Crippen molar-refractivity contribution >= 4 is 11.9 Å². The van der Waals surface area contributed by atoms with E-state index >= 15 is 0 Å². The van der Waals surface area contributed by atoms with E-state index in [9.17, 15) is 9.18 Å². The minimum absolute atomic E-state index is 0.299. The van der Waals surface area contributed by atoms with Gasteiger partial charge in [-0.25, -0.2) is 14.2 Å². The van der Waals surface area contributed by atoms with Crippen LogP contribution >= 0.6 is 0 Å². The standard InChI is InChI=1S/C17H26FN3O2/c1-12-5-7-14(10-20-15-8-6-13(18)9-19-15)21(11-12)16(22)23-17(2,3)4/h6,8-9,12,14H,5,7,10-11H2,1-4H3,(H,19,20)/t12-,14-/m0/s1/i1D3,5D2,6D,7D2,8D,10D2,11D2,12D,14D/hD. The van der Waals surface area contributed by atoms with Crippen molar-refractivity contribution in [3.05, 3.63) is 24.1 Å². The molecule has 1 aromatic rings. The second-order valence-electron chi connectivity index (χ2n) is 5.30. The van der Waals surface area contributed by atoms with E-state index in [1.165, 1.54) is 20.8 Å². The Hall–Kier alpha value is -1.85. The summed E-state index contributed by atoms with van der Waals surface area (Å²) >= 11 is 0. The number of nitrogens with zero attached hydrogens (tertiary/aromatic N) is 2. The molecule has 23 heavy (non-hydrogen) atoms. The molecule has 1 N–H and O–H groups in total. The minimum atomic E-state index is -4.33. The molecule has 1 aliphatic rings. The fourth-order valence-electron chi connectivity index (χ4n) is 1.36. The maximum atomic E-state index is 13.7. The summed E-state index contributed by atoms with van der Waals surface area (Å²) in [5.41, 5.74) is -1.55. The molecule has 0 bridgehead atoms. The first-order valence-electron chi connectivity index (χ1n) is 14.4. The van der Waals surface area contributed by atoms with Crippen molar-refractivity contribution in [2.75, 3.05) is 18.3 Å². The van der Waals surface area contributed by atoms with Crippen LogP contribution in [0.4, 0.5) is 15.0 Å². The summed E-state index contributed by atoms with van der Waals surface area (Å²) in [6, 6.07) is -6.74. The number of carbonyl (C=O) groups excluding carboxylic acids is 1. The van der Waals surface area contributed by atoms with Crippen LogP contribution in [0.25, 0.3) is 0 Å². The first-order valence-corrected chi connectivity index (χ1v) is 6.44. The Balaban J connectivity index is 3.07. The highest BCUT2D eigenvalue weighted by molar-refractivity contribution is 5.68. The highest BCUT2D eigenvalue weighted by atomic mass is 19.1. The number of anilines is 1. The molecule has 128 valence electrons. The molecule has 1 aliphatic heterocycles. The molecule has 1 aromatic heterocycles. The van der Waals surface area contributed by atoms with Crippen molar-refractivity contribution in [1.82, 2.24) is 9.88 Å². The maximum absolute atomic E-state index is 13.7. The lowest BCUT2D eigenvalue weighted by Crippen LogP contribution is -2.51. The van der Waals surface area contributed by atoms with E-state index in [0.717, 1.165) is 0 Å². The molecule has 0 aromatic carbocycles. The average molecular weight is 340 g/mol. The van der Waals surface area contributed by atoms with Crippen molar-refractivity contribution in [1.29, 1.82) is 0 Å². The summed E-state index contributed by atoms with van der Waals surface area (Å²) in [5, 5.41) is -0.548. The van der Waals surface area contributed by atoms with E-state index in [1.807, 2.05) is 0 Å². The lowest BCUT2D eigenvalue weighted by atomic mass is 9.94. The number of amides is 1. The van der Waals surface area contributed by atoms with Crippen LogP contribution in [0.5, 0.6) is 0 Å². The van der Waals surface area contributed by atoms with Crippen molar-refractivity contribution in [3.63, 3.8) is 0 Å². The SMILES string of the molecule is [2H]c1c(F)cnc(N([2H])C([2H])([2H])[C@@]2([2H])N(C(=O)OC(C)(C)C)C([2H])([2H])[C@@]([2H])(C([2H])([2H])[2H])C([2H])([2H])C2([2H])[2H])c1[2H]. The first kappa shape index (κ1) is 5.90. The van der Waals surface area contributed by atoms with Gasteiger partial charge in [-0.15, -0.1) is 0 Å². The van der Waals surface area contributed by atoms with E-state index in [0.29, 0.717) is 6.20 Å². The zero-order valence-electron chi connectivity index (χ0n) is 28.6. The van der Waals surface area contributed by atoms with Gasteiger partial charge in [0.2, 0.25) is 0 Å². The number of ether oxygens (including phenoxy) is 1. The molecule has 1 fully saturated rings. The monoisotopic (exact) mass is 339 g/mol. The Morgan fingerprint density at radius 2 is 2.52 bits per heavy atom. The van der Waals surface area contributed by atoms with Gasteiger partial charge in [0, 0.05) is 26.7 Å². The van der Waals surface area contributed by atoms with E-state index < -0.39 is 90.1 Å². The van der Waals surface area contributed by atoms with Gasteiger partial charge in [-0.05, 0) is 51.5 Å². The quantitative estimate of drug-likeness (QED) is 0.913. The Bertz CT molecular complexity index is 1160. The van der Waals surface area contributed by atoms with Crippen LogP contribution in [-0.4, -0.2) is 40.6 Å². The third-order valence-corrected chi connectivity index (χ3v) is 2.19. The van der Waals surface area contributed by atoms with E-state index in [2.05, 4.69) is 4.98 Å². The number of halogens is 1. The molecular weight excluding hydrogens is 297 g/mol. The van der Waals surface area contributed by atoms with Gasteiger partial charge in [0.15, 0.2) is 1.41 Å². The summed E-state index contributed by atoms with van der Waals surface area (Å²) in [7, 11) is 0. The predicted octanol–water partition coefficient (Wildman–Crippen LogP) is 3.67. The van der Waals surface area contributed by atoms with Crippen molar-refractivity contribution in [2.45, 2.75) is 52.0 Å². The van der Waals surface area contributed by atoms with Crippen LogP contribution in [0.3, 0.4) is 0 Å². The Kier molecular flexibility index (Phi) is 1.83. The van der Waals surface area contributed by atoms with Crippen molar-refractivity contribution < 1.29 is 35.9 Å². The summed E-state index contributed by atoms with van der Waals surface area (Å²) in [5.74, 6) is -6.78. The number of carbonyl (C=O) groups is 1. The first-order chi connectivity index (χ1) is 17.0. The molecule has 0 aliphatic carbocycles. The van der Waals surface area contributed by atoms with Crippen LogP contribution in [0, 0.1) is 11.7 Å². The van der Waals surface area contributed by atoms with Crippen LogP contribution in [0.2, 0.25) is 1.41 Å². The largest absolute Gasteiger partial charge is 0.444 e. The van der Waals surface area contributed by atoms with Crippen molar-refractivity contribution in [2.24, 2.45) is 5.89 Å². The Morgan fingerprint density at radius 3 is 3.22 bits per heavy atom. The molecule has 0 saturated carbocycles. The maximum Gasteiger partial charge on any atom is 0.410 e. The van der Waals surface area contributed by atoms with Gasteiger partial charge >= 0.3 is 6.09 Å². The smallest absolute Gasteiger partial charge is 0.410 e. The molecule has 2 rings (SSSR count). The van der Waals surface area contributed by atoms with E-state index in [4.69, 9.17) is 26.7 Å². The highest BCUT2D eigenvalue weighted by Gasteiger charge is 2.32. The Labute approximate surface area is 159 Å². The molecule has 1 amide bonds.